The minimum atomic E-state index is -3.70. The molecule has 0 aliphatic carbocycles. The maximum absolute atomic E-state index is 13.0. The smallest absolute Gasteiger partial charge is 0.237 e. The number of hydrogen-bond donors (Lipinski definition) is 0. The van der Waals surface area contributed by atoms with Gasteiger partial charge in [-0.15, -0.1) is 0 Å². The number of hydrogen-bond acceptors (Lipinski definition) is 6. The van der Waals surface area contributed by atoms with Crippen LogP contribution in [0.25, 0.3) is 22.1 Å². The standard InChI is InChI=1S/C16H15ClN2O2S.C14H11ClN2O2S/c1-3-12-10-14-15(17)8-9-18-16(14)19(12)22(20,21)13-6-4-11(2)5-7-13;1-10-2-4-11(5-3-10)20(18,19)17-9-7-12-13(15)6-8-16-14(12)17/h4-10H,3H2,1-2H3;2-9H,1H3. The van der Waals surface area contributed by atoms with E-state index < -0.39 is 20.0 Å². The van der Waals surface area contributed by atoms with Gasteiger partial charge in [0.1, 0.15) is 0 Å². The van der Waals surface area contributed by atoms with Crippen molar-refractivity contribution in [2.75, 3.05) is 0 Å². The summed E-state index contributed by atoms with van der Waals surface area (Å²) < 4.78 is 53.6. The van der Waals surface area contributed by atoms with E-state index >= 15 is 0 Å². The average Bonchev–Trinajstić information content (AvgIpc) is 3.58. The Morgan fingerprint density at radius 3 is 1.71 bits per heavy atom. The molecule has 0 atom stereocenters. The SMILES string of the molecule is CCc1cc2c(Cl)ccnc2n1S(=O)(=O)c1ccc(C)cc1.Cc1ccc(S(=O)(=O)n2ccc3c(Cl)ccnc32)cc1. The number of halogens is 2. The van der Waals surface area contributed by atoms with Gasteiger partial charge in [-0.2, -0.15) is 0 Å². The Morgan fingerprint density at radius 1 is 0.667 bits per heavy atom. The Balaban J connectivity index is 0.000000169. The molecular weight excluding hydrogens is 615 g/mol. The summed E-state index contributed by atoms with van der Waals surface area (Å²) in [7, 11) is -7.36. The molecule has 0 N–H and O–H groups in total. The van der Waals surface area contributed by atoms with Crippen LogP contribution in [-0.4, -0.2) is 34.7 Å². The zero-order chi connectivity index (χ0) is 30.2. The van der Waals surface area contributed by atoms with Gasteiger partial charge in [-0.3, -0.25) is 0 Å². The molecule has 0 fully saturated rings. The van der Waals surface area contributed by atoms with Crippen molar-refractivity contribution >= 4 is 65.3 Å². The summed E-state index contributed by atoms with van der Waals surface area (Å²) in [4.78, 5) is 8.80. The van der Waals surface area contributed by atoms with Crippen molar-refractivity contribution in [1.82, 2.24) is 17.9 Å². The molecule has 0 spiro atoms. The average molecular weight is 642 g/mol. The second-order valence-corrected chi connectivity index (χ2v) is 14.0. The second-order valence-electron chi connectivity index (χ2n) is 9.56. The normalized spacial score (nSPS) is 11.9. The summed E-state index contributed by atoms with van der Waals surface area (Å²) in [5.74, 6) is 0. The second kappa shape index (κ2) is 11.5. The Kier molecular flexibility index (Phi) is 8.17. The highest BCUT2D eigenvalue weighted by Crippen LogP contribution is 2.29. The van der Waals surface area contributed by atoms with Crippen molar-refractivity contribution in [3.8, 4) is 0 Å². The summed E-state index contributed by atoms with van der Waals surface area (Å²) in [6.07, 6.45) is 5.05. The summed E-state index contributed by atoms with van der Waals surface area (Å²) in [5.41, 5.74) is 3.37. The molecule has 0 saturated heterocycles. The molecule has 4 heterocycles. The lowest BCUT2D eigenvalue weighted by atomic mass is 10.2. The third-order valence-corrected chi connectivity index (χ3v) is 10.8. The third-order valence-electron chi connectivity index (χ3n) is 6.68. The lowest BCUT2D eigenvalue weighted by Crippen LogP contribution is -2.16. The maximum Gasteiger partial charge on any atom is 0.269 e. The van der Waals surface area contributed by atoms with Gasteiger partial charge in [0, 0.05) is 35.1 Å². The fourth-order valence-electron chi connectivity index (χ4n) is 4.43. The highest BCUT2D eigenvalue weighted by molar-refractivity contribution is 7.90. The van der Waals surface area contributed by atoms with E-state index in [9.17, 15) is 16.8 Å². The van der Waals surface area contributed by atoms with E-state index in [1.807, 2.05) is 20.8 Å². The number of aryl methyl sites for hydroxylation is 3. The summed E-state index contributed by atoms with van der Waals surface area (Å²) in [5, 5.41) is 2.24. The first-order chi connectivity index (χ1) is 19.9. The Bertz CT molecular complexity index is 2140. The van der Waals surface area contributed by atoms with E-state index in [-0.39, 0.29) is 9.79 Å². The summed E-state index contributed by atoms with van der Waals surface area (Å²) >= 11 is 12.2. The molecule has 0 saturated carbocycles. The largest absolute Gasteiger partial charge is 0.269 e. The number of aromatic nitrogens is 4. The van der Waals surface area contributed by atoms with Gasteiger partial charge in [0.2, 0.25) is 0 Å². The third kappa shape index (κ3) is 5.43. The molecule has 6 rings (SSSR count). The van der Waals surface area contributed by atoms with Gasteiger partial charge in [-0.1, -0.05) is 65.5 Å². The van der Waals surface area contributed by atoms with Crippen molar-refractivity contribution in [2.24, 2.45) is 0 Å². The Labute approximate surface area is 254 Å². The van der Waals surface area contributed by atoms with Crippen LogP contribution < -0.4 is 0 Å². The highest BCUT2D eigenvalue weighted by Gasteiger charge is 2.24. The van der Waals surface area contributed by atoms with Gasteiger partial charge in [-0.05, 0) is 68.8 Å². The molecule has 0 bridgehead atoms. The number of pyridine rings is 2. The molecule has 4 aromatic heterocycles. The lowest BCUT2D eigenvalue weighted by Gasteiger charge is -2.10. The van der Waals surface area contributed by atoms with E-state index in [1.54, 1.807) is 72.8 Å². The van der Waals surface area contributed by atoms with E-state index in [2.05, 4.69) is 9.97 Å². The molecule has 0 amide bonds. The van der Waals surface area contributed by atoms with Gasteiger partial charge in [0.15, 0.2) is 11.3 Å². The van der Waals surface area contributed by atoms with Crippen molar-refractivity contribution in [3.63, 3.8) is 0 Å². The number of benzene rings is 2. The van der Waals surface area contributed by atoms with Crippen LogP contribution in [0, 0.1) is 13.8 Å². The van der Waals surface area contributed by atoms with Gasteiger partial charge in [0.05, 0.1) is 19.8 Å². The lowest BCUT2D eigenvalue weighted by molar-refractivity contribution is 0.585. The highest BCUT2D eigenvalue weighted by atomic mass is 35.5. The predicted octanol–water partition coefficient (Wildman–Crippen LogP) is 7.03. The minimum absolute atomic E-state index is 0.224. The van der Waals surface area contributed by atoms with Gasteiger partial charge >= 0.3 is 0 Å². The zero-order valence-electron chi connectivity index (χ0n) is 22.9. The van der Waals surface area contributed by atoms with E-state index in [1.165, 1.54) is 22.6 Å². The monoisotopic (exact) mass is 640 g/mol. The van der Waals surface area contributed by atoms with Crippen LogP contribution in [0.3, 0.4) is 0 Å². The molecule has 12 heteroatoms. The fourth-order valence-corrected chi connectivity index (χ4v) is 7.68. The summed E-state index contributed by atoms with van der Waals surface area (Å²) in [6.45, 7) is 5.73. The van der Waals surface area contributed by atoms with Crippen LogP contribution >= 0.6 is 23.2 Å². The van der Waals surface area contributed by atoms with Gasteiger partial charge in [-0.25, -0.2) is 34.7 Å². The van der Waals surface area contributed by atoms with Crippen LogP contribution in [0.15, 0.2) is 101 Å². The van der Waals surface area contributed by atoms with Crippen LogP contribution in [0.1, 0.15) is 23.7 Å². The number of rotatable bonds is 5. The Hall–Kier alpha value is -3.70. The first-order valence-electron chi connectivity index (χ1n) is 12.9. The van der Waals surface area contributed by atoms with Crippen molar-refractivity contribution < 1.29 is 16.8 Å². The molecule has 8 nitrogen and oxygen atoms in total. The molecule has 0 radical (unpaired) electrons. The first-order valence-corrected chi connectivity index (χ1v) is 16.5. The first kappa shape index (κ1) is 29.8. The molecule has 6 aromatic rings. The van der Waals surface area contributed by atoms with Gasteiger partial charge < -0.3 is 0 Å². The van der Waals surface area contributed by atoms with Crippen LogP contribution in [0.2, 0.25) is 10.0 Å². The zero-order valence-corrected chi connectivity index (χ0v) is 26.0. The van der Waals surface area contributed by atoms with E-state index in [0.29, 0.717) is 44.2 Å². The number of nitrogens with zero attached hydrogens (tertiary/aromatic N) is 4. The number of fused-ring (bicyclic) bond motifs is 2. The van der Waals surface area contributed by atoms with Crippen molar-refractivity contribution in [2.45, 2.75) is 37.0 Å². The minimum Gasteiger partial charge on any atom is -0.237 e. The van der Waals surface area contributed by atoms with Crippen molar-refractivity contribution in [3.05, 3.63) is 118 Å². The van der Waals surface area contributed by atoms with Crippen LogP contribution in [0.5, 0.6) is 0 Å². The topological polar surface area (TPSA) is 104 Å². The van der Waals surface area contributed by atoms with Crippen molar-refractivity contribution in [1.29, 1.82) is 0 Å². The van der Waals surface area contributed by atoms with Crippen LogP contribution in [0.4, 0.5) is 0 Å². The molecule has 216 valence electrons. The fraction of sp³-hybridized carbons (Fsp3) is 0.133. The quantitative estimate of drug-likeness (QED) is 0.200. The molecule has 0 aliphatic heterocycles. The molecule has 0 aliphatic rings. The van der Waals surface area contributed by atoms with E-state index in [4.69, 9.17) is 23.2 Å². The Morgan fingerprint density at radius 2 is 1.17 bits per heavy atom. The van der Waals surface area contributed by atoms with Gasteiger partial charge in [0.25, 0.3) is 20.0 Å². The summed E-state index contributed by atoms with van der Waals surface area (Å²) in [6, 6.07) is 20.2. The molecule has 2 aromatic carbocycles. The maximum atomic E-state index is 13.0. The molecule has 0 unspecified atom stereocenters. The molecule has 42 heavy (non-hydrogen) atoms. The van der Waals surface area contributed by atoms with Crippen LogP contribution in [-0.2, 0) is 26.5 Å². The predicted molar refractivity (Wildman–Crippen MR) is 166 cm³/mol. The molecular formula is C30H26Cl2N4O4S2. The van der Waals surface area contributed by atoms with E-state index in [0.717, 1.165) is 15.1 Å².